The molecule has 6 nitrogen and oxygen atoms in total. The lowest BCUT2D eigenvalue weighted by Gasteiger charge is -2.51. The molecule has 2 saturated carbocycles. The Balaban J connectivity index is 1.10. The molecule has 1 aromatic rings. The fourth-order valence-electron chi connectivity index (χ4n) is 7.58. The zero-order chi connectivity index (χ0) is 21.9. The summed E-state index contributed by atoms with van der Waals surface area (Å²) in [5.74, 6) is 2.01. The van der Waals surface area contributed by atoms with E-state index >= 15 is 0 Å². The highest BCUT2D eigenvalue weighted by molar-refractivity contribution is 5.75. The van der Waals surface area contributed by atoms with Crippen molar-refractivity contribution in [3.63, 3.8) is 0 Å². The predicted molar refractivity (Wildman–Crippen MR) is 121 cm³/mol. The van der Waals surface area contributed by atoms with E-state index in [1.807, 2.05) is 12.1 Å². The van der Waals surface area contributed by atoms with Crippen LogP contribution in [0.3, 0.4) is 0 Å². The Morgan fingerprint density at radius 3 is 2.62 bits per heavy atom. The first-order valence-electron chi connectivity index (χ1n) is 12.6. The normalized spacial score (nSPS) is 41.2. The Morgan fingerprint density at radius 2 is 1.94 bits per heavy atom. The molecule has 5 fully saturated rings. The average molecular weight is 442 g/mol. The van der Waals surface area contributed by atoms with Crippen LogP contribution in [0, 0.1) is 23.2 Å². The van der Waals surface area contributed by atoms with E-state index in [1.165, 1.54) is 24.9 Å². The molecule has 6 heteroatoms. The summed E-state index contributed by atoms with van der Waals surface area (Å²) >= 11 is 0. The van der Waals surface area contributed by atoms with Crippen molar-refractivity contribution in [3.05, 3.63) is 24.3 Å². The van der Waals surface area contributed by atoms with E-state index in [1.54, 1.807) is 12.0 Å². The summed E-state index contributed by atoms with van der Waals surface area (Å²) in [5, 5.41) is 0. The molecule has 6 atom stereocenters. The van der Waals surface area contributed by atoms with Gasteiger partial charge in [0.25, 0.3) is 0 Å². The van der Waals surface area contributed by atoms with Crippen LogP contribution in [0.15, 0.2) is 24.3 Å². The standard InChI is InChI=1S/C26H36N2O4/c1-25-8-3-9-26(17-31-26)23(25)14-20-21(24(29)32-22(20)15-25)16-27-10-12-28(13-11-27)18-4-6-19(30-2)7-5-18/h4-7,20-23H,3,8-17H2,1-2H3/p+1/t20?,21?,22?,23?,25-,26+/m1/s1. The number of hydrogen-bond donors (Lipinski definition) is 1. The number of epoxide rings is 1. The molecule has 1 N–H and O–H groups in total. The van der Waals surface area contributed by atoms with Crippen molar-refractivity contribution in [1.82, 2.24) is 0 Å². The summed E-state index contributed by atoms with van der Waals surface area (Å²) in [4.78, 5) is 17.0. The number of carbonyl (C=O) groups is 1. The summed E-state index contributed by atoms with van der Waals surface area (Å²) in [5.41, 5.74) is 1.66. The Hall–Kier alpha value is -1.79. The number of piperazine rings is 1. The molecule has 6 rings (SSSR count). The largest absolute Gasteiger partial charge is 0.497 e. The number of hydrogen-bond acceptors (Lipinski definition) is 5. The number of esters is 1. The molecule has 4 unspecified atom stereocenters. The quantitative estimate of drug-likeness (QED) is 0.572. The van der Waals surface area contributed by atoms with Crippen molar-refractivity contribution in [1.29, 1.82) is 0 Å². The van der Waals surface area contributed by atoms with Crippen LogP contribution in [0.1, 0.15) is 39.0 Å². The summed E-state index contributed by atoms with van der Waals surface area (Å²) < 4.78 is 17.4. The van der Waals surface area contributed by atoms with Crippen molar-refractivity contribution in [2.75, 3.05) is 51.3 Å². The van der Waals surface area contributed by atoms with Crippen LogP contribution in [0.5, 0.6) is 5.75 Å². The molecule has 3 aliphatic heterocycles. The third-order valence-corrected chi connectivity index (χ3v) is 9.50. The summed E-state index contributed by atoms with van der Waals surface area (Å²) in [7, 11) is 1.70. The summed E-state index contributed by atoms with van der Waals surface area (Å²) in [6.45, 7) is 8.48. The number of anilines is 1. The van der Waals surface area contributed by atoms with Crippen LogP contribution < -0.4 is 14.5 Å². The molecule has 0 radical (unpaired) electrons. The molecule has 174 valence electrons. The lowest BCUT2D eigenvalue weighted by Crippen LogP contribution is -3.15. The SMILES string of the molecule is COc1ccc(N2CC[NH+](CC3C(=O)OC4C[C@@]5(C)CCC[C@]6(CO6)C5CC43)CC2)cc1. The van der Waals surface area contributed by atoms with E-state index in [-0.39, 0.29) is 29.0 Å². The van der Waals surface area contributed by atoms with E-state index in [4.69, 9.17) is 14.2 Å². The molecule has 3 saturated heterocycles. The number of methoxy groups -OCH3 is 1. The maximum Gasteiger partial charge on any atom is 0.315 e. The van der Waals surface area contributed by atoms with E-state index in [2.05, 4.69) is 24.0 Å². The third-order valence-electron chi connectivity index (χ3n) is 9.50. The van der Waals surface area contributed by atoms with Gasteiger partial charge in [0, 0.05) is 11.6 Å². The number of quaternary nitrogens is 1. The third kappa shape index (κ3) is 3.41. The van der Waals surface area contributed by atoms with Gasteiger partial charge in [0.05, 0.1) is 52.0 Å². The second kappa shape index (κ2) is 7.63. The van der Waals surface area contributed by atoms with Gasteiger partial charge < -0.3 is 24.0 Å². The van der Waals surface area contributed by atoms with Gasteiger partial charge in [-0.25, -0.2) is 0 Å². The van der Waals surface area contributed by atoms with Gasteiger partial charge in [0.1, 0.15) is 17.8 Å². The average Bonchev–Trinajstić information content (AvgIpc) is 3.51. The molecular weight excluding hydrogens is 404 g/mol. The molecule has 3 heterocycles. The Labute approximate surface area is 191 Å². The molecule has 1 aromatic carbocycles. The smallest absolute Gasteiger partial charge is 0.315 e. The first-order chi connectivity index (χ1) is 15.5. The van der Waals surface area contributed by atoms with E-state index in [9.17, 15) is 4.79 Å². The van der Waals surface area contributed by atoms with Crippen LogP contribution in [0.4, 0.5) is 5.69 Å². The minimum atomic E-state index is 0.0600. The predicted octanol–water partition coefficient (Wildman–Crippen LogP) is 1.93. The number of ether oxygens (including phenoxy) is 3. The fourth-order valence-corrected chi connectivity index (χ4v) is 7.58. The zero-order valence-electron chi connectivity index (χ0n) is 19.5. The zero-order valence-corrected chi connectivity index (χ0v) is 19.5. The monoisotopic (exact) mass is 441 g/mol. The Morgan fingerprint density at radius 1 is 1.19 bits per heavy atom. The van der Waals surface area contributed by atoms with Gasteiger partial charge in [0.15, 0.2) is 0 Å². The van der Waals surface area contributed by atoms with E-state index in [0.717, 1.165) is 57.9 Å². The Bertz CT molecular complexity index is 861. The fraction of sp³-hybridized carbons (Fsp3) is 0.731. The van der Waals surface area contributed by atoms with Crippen molar-refractivity contribution in [3.8, 4) is 5.75 Å². The summed E-state index contributed by atoms with van der Waals surface area (Å²) in [6.07, 6.45) is 6.00. The second-order valence-corrected chi connectivity index (χ2v) is 11.2. The van der Waals surface area contributed by atoms with Gasteiger partial charge in [-0.15, -0.1) is 0 Å². The number of nitrogens with one attached hydrogen (secondary N) is 1. The van der Waals surface area contributed by atoms with Gasteiger partial charge in [0.2, 0.25) is 0 Å². The van der Waals surface area contributed by atoms with Crippen molar-refractivity contribution in [2.24, 2.45) is 23.2 Å². The molecule has 2 aliphatic carbocycles. The molecule has 0 bridgehead atoms. The van der Waals surface area contributed by atoms with Gasteiger partial charge >= 0.3 is 5.97 Å². The number of nitrogens with zero attached hydrogens (tertiary/aromatic N) is 1. The van der Waals surface area contributed by atoms with Crippen LogP contribution in [0.25, 0.3) is 0 Å². The second-order valence-electron chi connectivity index (χ2n) is 11.2. The molecule has 32 heavy (non-hydrogen) atoms. The molecule has 0 amide bonds. The highest BCUT2D eigenvalue weighted by Crippen LogP contribution is 2.62. The van der Waals surface area contributed by atoms with Gasteiger partial charge in [-0.3, -0.25) is 4.79 Å². The van der Waals surface area contributed by atoms with Crippen LogP contribution in [-0.2, 0) is 14.3 Å². The van der Waals surface area contributed by atoms with Gasteiger partial charge in [-0.05, 0) is 67.7 Å². The topological polar surface area (TPSA) is 55.7 Å². The van der Waals surface area contributed by atoms with Gasteiger partial charge in [-0.2, -0.15) is 0 Å². The highest BCUT2D eigenvalue weighted by Gasteiger charge is 2.65. The Kier molecular flexibility index (Phi) is 4.95. The van der Waals surface area contributed by atoms with E-state index < -0.39 is 0 Å². The lowest BCUT2D eigenvalue weighted by molar-refractivity contribution is -0.903. The number of rotatable bonds is 4. The molecular formula is C26H37N2O4+. The lowest BCUT2D eigenvalue weighted by atomic mass is 9.53. The summed E-state index contributed by atoms with van der Waals surface area (Å²) in [6, 6.07) is 8.34. The van der Waals surface area contributed by atoms with Crippen molar-refractivity contribution >= 4 is 11.7 Å². The first-order valence-corrected chi connectivity index (χ1v) is 12.6. The number of fused-ring (bicyclic) bond motifs is 3. The number of carbonyl (C=O) groups excluding carboxylic acids is 1. The number of benzene rings is 1. The minimum absolute atomic E-state index is 0.0600. The maximum atomic E-state index is 13.0. The van der Waals surface area contributed by atoms with E-state index in [0.29, 0.717) is 11.8 Å². The van der Waals surface area contributed by atoms with Crippen LogP contribution in [0.2, 0.25) is 0 Å². The van der Waals surface area contributed by atoms with Gasteiger partial charge in [-0.1, -0.05) is 6.92 Å². The highest BCUT2D eigenvalue weighted by atomic mass is 16.6. The van der Waals surface area contributed by atoms with Crippen molar-refractivity contribution < 1.29 is 23.9 Å². The molecule has 1 spiro atoms. The maximum absolute atomic E-state index is 13.0. The van der Waals surface area contributed by atoms with Crippen LogP contribution >= 0.6 is 0 Å². The first kappa shape index (κ1) is 20.8. The van der Waals surface area contributed by atoms with Crippen LogP contribution in [-0.4, -0.2) is 64.1 Å². The molecule has 5 aliphatic rings. The van der Waals surface area contributed by atoms with Crippen molar-refractivity contribution in [2.45, 2.75) is 50.7 Å². The minimum Gasteiger partial charge on any atom is -0.497 e. The molecule has 0 aromatic heterocycles.